The highest BCUT2D eigenvalue weighted by atomic mass is 15.0. The lowest BCUT2D eigenvalue weighted by Gasteiger charge is -2.34. The summed E-state index contributed by atoms with van der Waals surface area (Å²) in [6.45, 7) is 0. The van der Waals surface area contributed by atoms with E-state index in [-0.39, 0.29) is 0 Å². The van der Waals surface area contributed by atoms with Crippen molar-refractivity contribution in [2.24, 2.45) is 0 Å². The molecule has 0 radical (unpaired) electrons. The molecule has 8 aromatic carbocycles. The molecular weight excluding hydrogens is 603 g/mol. The van der Waals surface area contributed by atoms with Gasteiger partial charge in [-0.05, 0) is 92.0 Å². The zero-order valence-electron chi connectivity index (χ0n) is 27.5. The Morgan fingerprint density at radius 2 is 0.840 bits per heavy atom. The van der Waals surface area contributed by atoms with Crippen LogP contribution in [0.2, 0.25) is 0 Å². The van der Waals surface area contributed by atoms with Gasteiger partial charge < -0.3 is 4.57 Å². The number of fused-ring (bicyclic) bond motifs is 6. The van der Waals surface area contributed by atoms with Gasteiger partial charge in [0.25, 0.3) is 0 Å². The van der Waals surface area contributed by atoms with Crippen molar-refractivity contribution in [3.63, 3.8) is 0 Å². The minimum Gasteiger partial charge on any atom is -0.309 e. The molecule has 0 atom stereocenters. The van der Waals surface area contributed by atoms with Crippen molar-refractivity contribution in [3.8, 4) is 39.1 Å². The van der Waals surface area contributed by atoms with Gasteiger partial charge in [-0.15, -0.1) is 0 Å². The Morgan fingerprint density at radius 1 is 0.320 bits per heavy atom. The maximum atomic E-state index is 2.46. The summed E-state index contributed by atoms with van der Waals surface area (Å²) in [5, 5.41) is 2.51. The van der Waals surface area contributed by atoms with Crippen LogP contribution in [0.1, 0.15) is 22.3 Å². The second-order valence-electron chi connectivity index (χ2n) is 13.3. The summed E-state index contributed by atoms with van der Waals surface area (Å²) < 4.78 is 2.40. The Hall–Kier alpha value is -6.44. The van der Waals surface area contributed by atoms with Crippen LogP contribution in [0, 0.1) is 0 Å². The molecule has 1 aliphatic carbocycles. The molecular formula is C49H33N. The first-order valence-corrected chi connectivity index (χ1v) is 17.4. The third kappa shape index (κ3) is 4.20. The summed E-state index contributed by atoms with van der Waals surface area (Å²) in [7, 11) is 0. The zero-order valence-corrected chi connectivity index (χ0v) is 27.5. The number of aromatic nitrogens is 1. The van der Waals surface area contributed by atoms with Crippen LogP contribution in [0.25, 0.3) is 60.9 Å². The molecule has 1 nitrogen and oxygen atoms in total. The summed E-state index contributed by atoms with van der Waals surface area (Å²) in [5.74, 6) is 0. The average Bonchev–Trinajstić information content (AvgIpc) is 3.69. The van der Waals surface area contributed by atoms with E-state index in [2.05, 4.69) is 205 Å². The molecule has 10 rings (SSSR count). The molecule has 0 spiro atoms. The smallest absolute Gasteiger partial charge is 0.0713 e. The van der Waals surface area contributed by atoms with E-state index in [1.54, 1.807) is 0 Å². The average molecular weight is 636 g/mol. The molecule has 0 aliphatic heterocycles. The van der Waals surface area contributed by atoms with Crippen molar-refractivity contribution in [1.82, 2.24) is 4.57 Å². The first kappa shape index (κ1) is 28.6. The number of rotatable bonds is 5. The van der Waals surface area contributed by atoms with Crippen LogP contribution in [0.3, 0.4) is 0 Å². The number of benzene rings is 8. The third-order valence-electron chi connectivity index (χ3n) is 10.7. The van der Waals surface area contributed by atoms with Gasteiger partial charge in [-0.25, -0.2) is 0 Å². The Kier molecular flexibility index (Phi) is 6.47. The molecule has 1 heteroatoms. The van der Waals surface area contributed by atoms with Crippen LogP contribution >= 0.6 is 0 Å². The van der Waals surface area contributed by atoms with Gasteiger partial charge in [-0.2, -0.15) is 0 Å². The fourth-order valence-corrected chi connectivity index (χ4v) is 8.49. The molecule has 1 aliphatic rings. The monoisotopic (exact) mass is 635 g/mol. The Balaban J connectivity index is 1.16. The molecule has 1 aromatic heterocycles. The first-order chi connectivity index (χ1) is 24.8. The first-order valence-electron chi connectivity index (χ1n) is 17.4. The molecule has 0 amide bonds. The van der Waals surface area contributed by atoms with Crippen LogP contribution in [0.15, 0.2) is 200 Å². The Morgan fingerprint density at radius 3 is 1.58 bits per heavy atom. The van der Waals surface area contributed by atoms with E-state index in [9.17, 15) is 0 Å². The summed E-state index contributed by atoms with van der Waals surface area (Å²) in [6, 6.07) is 73.5. The highest BCUT2D eigenvalue weighted by Crippen LogP contribution is 2.56. The van der Waals surface area contributed by atoms with Gasteiger partial charge in [0.15, 0.2) is 0 Å². The standard InChI is InChI=1S/C49H33N/c1-4-14-34(15-5-1)35-24-28-40(29-25-35)50-47-23-13-11-21-43(47)44-32-36(27-31-48(44)50)37-26-30-42-41-20-10-12-22-45(41)49(46(42)33-37,38-16-6-2-7-17-38)39-18-8-3-9-19-39/h1-33H. The van der Waals surface area contributed by atoms with Crippen molar-refractivity contribution in [2.45, 2.75) is 5.41 Å². The largest absolute Gasteiger partial charge is 0.309 e. The topological polar surface area (TPSA) is 4.93 Å². The van der Waals surface area contributed by atoms with E-state index >= 15 is 0 Å². The van der Waals surface area contributed by atoms with Crippen molar-refractivity contribution < 1.29 is 0 Å². The lowest BCUT2D eigenvalue weighted by atomic mass is 9.67. The minimum atomic E-state index is -0.420. The Labute approximate surface area is 292 Å². The van der Waals surface area contributed by atoms with E-state index < -0.39 is 5.41 Å². The van der Waals surface area contributed by atoms with Gasteiger partial charge in [0.1, 0.15) is 0 Å². The van der Waals surface area contributed by atoms with Crippen LogP contribution in [0.5, 0.6) is 0 Å². The molecule has 0 saturated carbocycles. The van der Waals surface area contributed by atoms with Crippen molar-refractivity contribution in [2.75, 3.05) is 0 Å². The van der Waals surface area contributed by atoms with Crippen LogP contribution in [-0.4, -0.2) is 4.57 Å². The molecule has 9 aromatic rings. The van der Waals surface area contributed by atoms with Crippen LogP contribution in [-0.2, 0) is 5.41 Å². The van der Waals surface area contributed by atoms with Gasteiger partial charge in [0.2, 0.25) is 0 Å². The van der Waals surface area contributed by atoms with E-state index in [0.29, 0.717) is 0 Å². The SMILES string of the molecule is c1ccc(-c2ccc(-n3c4ccccc4c4cc(-c5ccc6c(c5)C(c5ccccc5)(c5ccccc5)c5ccccc5-6)ccc43)cc2)cc1. The molecule has 50 heavy (non-hydrogen) atoms. The predicted octanol–water partition coefficient (Wildman–Crippen LogP) is 12.5. The molecule has 0 fully saturated rings. The van der Waals surface area contributed by atoms with Crippen molar-refractivity contribution in [3.05, 3.63) is 222 Å². The Bertz CT molecular complexity index is 2630. The van der Waals surface area contributed by atoms with Gasteiger partial charge in [0, 0.05) is 16.5 Å². The van der Waals surface area contributed by atoms with E-state index in [4.69, 9.17) is 0 Å². The molecule has 0 N–H and O–H groups in total. The second kappa shape index (κ2) is 11.3. The number of para-hydroxylation sites is 1. The predicted molar refractivity (Wildman–Crippen MR) is 209 cm³/mol. The molecule has 234 valence electrons. The number of nitrogens with zero attached hydrogens (tertiary/aromatic N) is 1. The fourth-order valence-electron chi connectivity index (χ4n) is 8.49. The van der Waals surface area contributed by atoms with E-state index in [0.717, 1.165) is 5.69 Å². The molecule has 0 unspecified atom stereocenters. The van der Waals surface area contributed by atoms with Gasteiger partial charge in [-0.3, -0.25) is 0 Å². The summed E-state index contributed by atoms with van der Waals surface area (Å²) in [5.41, 5.74) is 15.9. The lowest BCUT2D eigenvalue weighted by molar-refractivity contribution is 0.769. The van der Waals surface area contributed by atoms with Crippen LogP contribution < -0.4 is 0 Å². The van der Waals surface area contributed by atoms with E-state index in [1.807, 2.05) is 0 Å². The highest BCUT2D eigenvalue weighted by molar-refractivity contribution is 6.10. The summed E-state index contributed by atoms with van der Waals surface area (Å²) in [6.07, 6.45) is 0. The summed E-state index contributed by atoms with van der Waals surface area (Å²) >= 11 is 0. The molecule has 0 bridgehead atoms. The number of hydrogen-bond acceptors (Lipinski definition) is 0. The molecule has 1 heterocycles. The maximum Gasteiger partial charge on any atom is 0.0713 e. The quantitative estimate of drug-likeness (QED) is 0.177. The normalized spacial score (nSPS) is 13.0. The van der Waals surface area contributed by atoms with Gasteiger partial charge in [0.05, 0.1) is 16.4 Å². The molecule has 0 saturated heterocycles. The fraction of sp³-hybridized carbons (Fsp3) is 0.0204. The van der Waals surface area contributed by atoms with Crippen LogP contribution in [0.4, 0.5) is 0 Å². The van der Waals surface area contributed by atoms with Gasteiger partial charge in [-0.1, -0.05) is 164 Å². The number of hydrogen-bond donors (Lipinski definition) is 0. The van der Waals surface area contributed by atoms with Crippen molar-refractivity contribution in [1.29, 1.82) is 0 Å². The van der Waals surface area contributed by atoms with Crippen molar-refractivity contribution >= 4 is 21.8 Å². The third-order valence-corrected chi connectivity index (χ3v) is 10.7. The lowest BCUT2D eigenvalue weighted by Crippen LogP contribution is -2.28. The van der Waals surface area contributed by atoms with Gasteiger partial charge >= 0.3 is 0 Å². The highest BCUT2D eigenvalue weighted by Gasteiger charge is 2.46. The summed E-state index contributed by atoms with van der Waals surface area (Å²) in [4.78, 5) is 0. The second-order valence-corrected chi connectivity index (χ2v) is 13.3. The zero-order chi connectivity index (χ0) is 33.1. The van der Waals surface area contributed by atoms with E-state index in [1.165, 1.54) is 77.4 Å². The maximum absolute atomic E-state index is 2.46. The minimum absolute atomic E-state index is 0.420.